The fourth-order valence-corrected chi connectivity index (χ4v) is 4.02. The van der Waals surface area contributed by atoms with Crippen LogP contribution in [-0.2, 0) is 4.74 Å². The van der Waals surface area contributed by atoms with Crippen molar-refractivity contribution in [2.75, 3.05) is 19.8 Å². The third kappa shape index (κ3) is 2.54. The number of aromatic amines is 1. The highest BCUT2D eigenvalue weighted by molar-refractivity contribution is 6.05. The number of aromatic nitrogens is 1. The van der Waals surface area contributed by atoms with Gasteiger partial charge in [-0.25, -0.2) is 0 Å². The van der Waals surface area contributed by atoms with Gasteiger partial charge in [-0.2, -0.15) is 0 Å². The van der Waals surface area contributed by atoms with Crippen molar-refractivity contribution in [3.8, 4) is 0 Å². The zero-order valence-electron chi connectivity index (χ0n) is 13.1. The lowest BCUT2D eigenvalue weighted by Crippen LogP contribution is -2.48. The molecule has 1 aromatic carbocycles. The number of nitrogens with one attached hydrogen (secondary N) is 1. The Morgan fingerprint density at radius 2 is 2.22 bits per heavy atom. The van der Waals surface area contributed by atoms with E-state index in [1.807, 2.05) is 35.4 Å². The van der Waals surface area contributed by atoms with E-state index in [2.05, 4.69) is 4.98 Å². The van der Waals surface area contributed by atoms with Crippen LogP contribution in [0.15, 0.2) is 30.5 Å². The Hall–Kier alpha value is -1.85. The summed E-state index contributed by atoms with van der Waals surface area (Å²) in [5.74, 6) is 0.0800. The first-order valence-corrected chi connectivity index (χ1v) is 8.38. The van der Waals surface area contributed by atoms with E-state index < -0.39 is 0 Å². The molecule has 23 heavy (non-hydrogen) atoms. The predicted octanol–water partition coefficient (Wildman–Crippen LogP) is 2.17. The zero-order valence-corrected chi connectivity index (χ0v) is 13.1. The van der Waals surface area contributed by atoms with Crippen LogP contribution in [0.5, 0.6) is 0 Å². The molecule has 1 amide bonds. The lowest BCUT2D eigenvalue weighted by molar-refractivity contribution is -0.0589. The summed E-state index contributed by atoms with van der Waals surface area (Å²) in [6.45, 7) is 1.91. The molecule has 2 aliphatic rings. The number of benzene rings is 1. The van der Waals surface area contributed by atoms with Gasteiger partial charge >= 0.3 is 0 Å². The number of aliphatic hydroxyl groups excluding tert-OH is 1. The first-order valence-electron chi connectivity index (χ1n) is 8.38. The van der Waals surface area contributed by atoms with Crippen LogP contribution < -0.4 is 0 Å². The average Bonchev–Trinajstić information content (AvgIpc) is 3.23. The van der Waals surface area contributed by atoms with Crippen molar-refractivity contribution in [1.29, 1.82) is 0 Å². The Morgan fingerprint density at radius 3 is 3.09 bits per heavy atom. The molecule has 2 N–H and O–H groups in total. The maximum atomic E-state index is 13.1. The number of rotatable bonds is 2. The van der Waals surface area contributed by atoms with Crippen molar-refractivity contribution in [2.45, 2.75) is 31.4 Å². The third-order valence-electron chi connectivity index (χ3n) is 5.23. The van der Waals surface area contributed by atoms with Gasteiger partial charge in [-0.15, -0.1) is 0 Å². The van der Waals surface area contributed by atoms with Crippen LogP contribution in [0.4, 0.5) is 0 Å². The molecule has 5 heteroatoms. The van der Waals surface area contributed by atoms with Gasteiger partial charge in [-0.05, 0) is 31.4 Å². The van der Waals surface area contributed by atoms with Crippen molar-refractivity contribution in [3.63, 3.8) is 0 Å². The van der Waals surface area contributed by atoms with Crippen LogP contribution in [0.25, 0.3) is 10.9 Å². The van der Waals surface area contributed by atoms with Gasteiger partial charge in [-0.1, -0.05) is 12.1 Å². The smallest absolute Gasteiger partial charge is 0.256 e. The number of hydrogen-bond donors (Lipinski definition) is 2. The normalized spacial score (nSPS) is 28.4. The number of aliphatic hydroxyl groups is 1. The molecule has 0 spiro atoms. The molecule has 5 nitrogen and oxygen atoms in total. The molecule has 2 saturated heterocycles. The topological polar surface area (TPSA) is 65.6 Å². The fourth-order valence-electron chi connectivity index (χ4n) is 4.02. The molecule has 0 aliphatic carbocycles. The van der Waals surface area contributed by atoms with Crippen LogP contribution >= 0.6 is 0 Å². The van der Waals surface area contributed by atoms with E-state index in [9.17, 15) is 9.90 Å². The summed E-state index contributed by atoms with van der Waals surface area (Å²) >= 11 is 0. The Bertz CT molecular complexity index is 711. The molecule has 2 aliphatic heterocycles. The van der Waals surface area contributed by atoms with Gasteiger partial charge in [0.05, 0.1) is 23.8 Å². The third-order valence-corrected chi connectivity index (χ3v) is 5.23. The highest BCUT2D eigenvalue weighted by Crippen LogP contribution is 2.32. The molecular weight excluding hydrogens is 292 g/mol. The predicted molar refractivity (Wildman–Crippen MR) is 87.3 cm³/mol. The Kier molecular flexibility index (Phi) is 3.83. The van der Waals surface area contributed by atoms with Gasteiger partial charge in [0.25, 0.3) is 5.91 Å². The summed E-state index contributed by atoms with van der Waals surface area (Å²) < 4.78 is 5.55. The number of amides is 1. The number of carbonyl (C=O) groups is 1. The molecule has 2 fully saturated rings. The van der Waals surface area contributed by atoms with Crippen LogP contribution in [0.3, 0.4) is 0 Å². The zero-order chi connectivity index (χ0) is 15.8. The Morgan fingerprint density at radius 1 is 1.30 bits per heavy atom. The first-order chi connectivity index (χ1) is 11.3. The first kappa shape index (κ1) is 14.7. The lowest BCUT2D eigenvalue weighted by atomic mass is 9.89. The maximum Gasteiger partial charge on any atom is 0.256 e. The van der Waals surface area contributed by atoms with Crippen molar-refractivity contribution < 1.29 is 14.6 Å². The number of hydrogen-bond acceptors (Lipinski definition) is 3. The van der Waals surface area contributed by atoms with Crippen molar-refractivity contribution in [3.05, 3.63) is 36.0 Å². The lowest BCUT2D eigenvalue weighted by Gasteiger charge is -2.37. The van der Waals surface area contributed by atoms with Crippen LogP contribution in [0.1, 0.15) is 29.6 Å². The highest BCUT2D eigenvalue weighted by atomic mass is 16.5. The van der Waals surface area contributed by atoms with Crippen molar-refractivity contribution in [1.82, 2.24) is 9.88 Å². The monoisotopic (exact) mass is 314 g/mol. The minimum atomic E-state index is -0.372. The molecule has 2 aromatic rings. The molecule has 0 bridgehead atoms. The Labute approximate surface area is 135 Å². The molecular formula is C18H22N2O3. The number of para-hydroxylation sites is 1. The van der Waals surface area contributed by atoms with Gasteiger partial charge in [0.15, 0.2) is 0 Å². The number of likely N-dealkylation sites (tertiary alicyclic amines) is 1. The molecule has 4 rings (SSSR count). The van der Waals surface area contributed by atoms with Crippen LogP contribution in [-0.4, -0.2) is 52.8 Å². The number of ether oxygens (including phenoxy) is 1. The molecule has 1 aromatic heterocycles. The molecule has 0 saturated carbocycles. The van der Waals surface area contributed by atoms with Gasteiger partial charge in [-0.3, -0.25) is 4.79 Å². The summed E-state index contributed by atoms with van der Waals surface area (Å²) in [5.41, 5.74) is 1.61. The fraction of sp³-hybridized carbons (Fsp3) is 0.500. The van der Waals surface area contributed by atoms with E-state index in [-0.39, 0.29) is 24.0 Å². The van der Waals surface area contributed by atoms with E-state index in [0.717, 1.165) is 30.3 Å². The van der Waals surface area contributed by atoms with Crippen LogP contribution in [0, 0.1) is 5.92 Å². The summed E-state index contributed by atoms with van der Waals surface area (Å²) in [6, 6.07) is 7.86. The van der Waals surface area contributed by atoms with E-state index >= 15 is 0 Å². The molecule has 3 atom stereocenters. The van der Waals surface area contributed by atoms with Crippen molar-refractivity contribution in [2.24, 2.45) is 5.92 Å². The number of H-pyrrole nitrogens is 1. The summed E-state index contributed by atoms with van der Waals surface area (Å²) in [6.07, 6.45) is 4.08. The maximum absolute atomic E-state index is 13.1. The number of carbonyl (C=O) groups excluding carboxylic acids is 1. The minimum Gasteiger partial charge on any atom is -0.393 e. The second kappa shape index (κ2) is 5.98. The van der Waals surface area contributed by atoms with Crippen molar-refractivity contribution >= 4 is 16.8 Å². The average molecular weight is 314 g/mol. The summed E-state index contributed by atoms with van der Waals surface area (Å²) in [4.78, 5) is 18.2. The quantitative estimate of drug-likeness (QED) is 0.893. The van der Waals surface area contributed by atoms with E-state index in [4.69, 9.17) is 4.74 Å². The SMILES string of the molecule is O=C(c1cccc2cc[nH]c12)N1CCC[C@@H]1[C@H]1COCC[C@@H]1O. The van der Waals surface area contributed by atoms with Gasteiger partial charge in [0, 0.05) is 36.7 Å². The summed E-state index contributed by atoms with van der Waals surface area (Å²) in [5, 5.41) is 11.4. The standard InChI is InChI=1S/C18H22N2O3/c21-16-7-10-23-11-14(16)15-5-2-9-20(15)18(22)13-4-1-3-12-6-8-19-17(12)13/h1,3-4,6,8,14-16,19,21H,2,5,7,9-11H2/t14-,15-,16+/m1/s1. The van der Waals surface area contributed by atoms with E-state index in [0.29, 0.717) is 25.2 Å². The van der Waals surface area contributed by atoms with Gasteiger partial charge < -0.3 is 19.7 Å². The molecule has 122 valence electrons. The highest BCUT2D eigenvalue weighted by Gasteiger charge is 2.40. The molecule has 0 unspecified atom stereocenters. The molecule has 3 heterocycles. The Balaban J connectivity index is 1.63. The summed E-state index contributed by atoms with van der Waals surface area (Å²) in [7, 11) is 0. The number of nitrogens with zero attached hydrogens (tertiary/aromatic N) is 1. The van der Waals surface area contributed by atoms with Crippen LogP contribution in [0.2, 0.25) is 0 Å². The molecule has 0 radical (unpaired) electrons. The van der Waals surface area contributed by atoms with E-state index in [1.165, 1.54) is 0 Å². The van der Waals surface area contributed by atoms with Gasteiger partial charge in [0.2, 0.25) is 0 Å². The van der Waals surface area contributed by atoms with E-state index in [1.54, 1.807) is 0 Å². The largest absolute Gasteiger partial charge is 0.393 e. The van der Waals surface area contributed by atoms with Gasteiger partial charge in [0.1, 0.15) is 0 Å². The second-order valence-corrected chi connectivity index (χ2v) is 6.55. The minimum absolute atomic E-state index is 0.0260. The second-order valence-electron chi connectivity index (χ2n) is 6.55. The number of fused-ring (bicyclic) bond motifs is 1.